The molecule has 23 heavy (non-hydrogen) atoms. The van der Waals surface area contributed by atoms with Crippen LogP contribution in [-0.2, 0) is 4.79 Å². The fourth-order valence-corrected chi connectivity index (χ4v) is 4.26. The molecule has 3 rings (SSSR count). The Balaban J connectivity index is 1.91. The number of halogens is 1. The number of amides is 1. The smallest absolute Gasteiger partial charge is 0.268 e. The van der Waals surface area contributed by atoms with E-state index in [-0.39, 0.29) is 5.91 Å². The highest BCUT2D eigenvalue weighted by molar-refractivity contribution is 14.1. The summed E-state index contributed by atoms with van der Waals surface area (Å²) in [6, 6.07) is 15.9. The first kappa shape index (κ1) is 17.0. The number of hydrogen-bond donors (Lipinski definition) is 0. The molecular weight excluding hydrogens is 457 g/mol. The van der Waals surface area contributed by atoms with Gasteiger partial charge < -0.3 is 0 Å². The van der Waals surface area contributed by atoms with Crippen LogP contribution in [0.15, 0.2) is 58.3 Å². The summed E-state index contributed by atoms with van der Waals surface area (Å²) in [5.41, 5.74) is 1.83. The predicted molar refractivity (Wildman–Crippen MR) is 113 cm³/mol. The van der Waals surface area contributed by atoms with Gasteiger partial charge in [0.2, 0.25) is 0 Å². The van der Waals surface area contributed by atoms with Gasteiger partial charge in [0.25, 0.3) is 5.91 Å². The van der Waals surface area contributed by atoms with Crippen molar-refractivity contribution in [3.63, 3.8) is 0 Å². The van der Waals surface area contributed by atoms with E-state index in [2.05, 4.69) is 22.6 Å². The van der Waals surface area contributed by atoms with Crippen molar-refractivity contribution < 1.29 is 4.79 Å². The molecule has 116 valence electrons. The minimum absolute atomic E-state index is 0.0585. The number of thioether (sulfide) groups is 2. The Hall–Kier alpha value is -0.830. The fourth-order valence-electron chi connectivity index (χ4n) is 2.15. The van der Waals surface area contributed by atoms with Gasteiger partial charge in [0, 0.05) is 8.47 Å². The van der Waals surface area contributed by atoms with Crippen molar-refractivity contribution in [1.82, 2.24) is 0 Å². The Kier molecular flexibility index (Phi) is 5.45. The molecule has 0 radical (unpaired) electrons. The molecule has 1 saturated heterocycles. The average molecular weight is 469 g/mol. The summed E-state index contributed by atoms with van der Waals surface area (Å²) in [6.07, 6.45) is 3.91. The summed E-state index contributed by atoms with van der Waals surface area (Å²) < 4.78 is 1.74. The van der Waals surface area contributed by atoms with Crippen LogP contribution in [0.5, 0.6) is 0 Å². The van der Waals surface area contributed by atoms with Crippen LogP contribution in [0.3, 0.4) is 0 Å². The quantitative estimate of drug-likeness (QED) is 0.259. The molecule has 1 amide bonds. The van der Waals surface area contributed by atoms with Crippen molar-refractivity contribution in [2.24, 2.45) is 0 Å². The zero-order valence-corrected chi connectivity index (χ0v) is 16.8. The van der Waals surface area contributed by atoms with Crippen LogP contribution < -0.4 is 4.90 Å². The Bertz CT molecular complexity index is 802. The largest absolute Gasteiger partial charge is 0.270 e. The molecule has 0 aliphatic carbocycles. The van der Waals surface area contributed by atoms with Crippen LogP contribution in [0.4, 0.5) is 5.69 Å². The van der Waals surface area contributed by atoms with Gasteiger partial charge in [0.15, 0.2) is 4.32 Å². The molecule has 2 nitrogen and oxygen atoms in total. The summed E-state index contributed by atoms with van der Waals surface area (Å²) in [6.45, 7) is 0. The van der Waals surface area contributed by atoms with Crippen LogP contribution in [0, 0.1) is 3.57 Å². The van der Waals surface area contributed by atoms with Gasteiger partial charge in [0.05, 0.1) is 10.6 Å². The second-order valence-electron chi connectivity index (χ2n) is 4.77. The van der Waals surface area contributed by atoms with E-state index in [4.69, 9.17) is 12.2 Å². The van der Waals surface area contributed by atoms with Gasteiger partial charge >= 0.3 is 0 Å². The second-order valence-corrected chi connectivity index (χ2v) is 8.57. The van der Waals surface area contributed by atoms with E-state index in [0.717, 1.165) is 16.1 Å². The highest BCUT2D eigenvalue weighted by atomic mass is 127. The highest BCUT2D eigenvalue weighted by Crippen LogP contribution is 2.36. The van der Waals surface area contributed by atoms with E-state index in [0.29, 0.717) is 9.23 Å². The number of carbonyl (C=O) groups excluding carboxylic acids is 1. The lowest BCUT2D eigenvalue weighted by molar-refractivity contribution is -0.113. The number of nitrogens with zero attached hydrogens (tertiary/aromatic N) is 1. The molecule has 1 fully saturated rings. The molecule has 0 unspecified atom stereocenters. The summed E-state index contributed by atoms with van der Waals surface area (Å²) in [4.78, 5) is 16.1. The fraction of sp³-hybridized carbons (Fsp3) is 0.0588. The lowest BCUT2D eigenvalue weighted by Gasteiger charge is -2.15. The summed E-state index contributed by atoms with van der Waals surface area (Å²) in [5, 5.41) is 0. The van der Waals surface area contributed by atoms with Crippen LogP contribution in [-0.4, -0.2) is 16.5 Å². The molecule has 0 N–H and O–H groups in total. The number of rotatable bonds is 3. The monoisotopic (exact) mass is 469 g/mol. The minimum Gasteiger partial charge on any atom is -0.268 e. The van der Waals surface area contributed by atoms with E-state index >= 15 is 0 Å². The van der Waals surface area contributed by atoms with Crippen molar-refractivity contribution in [1.29, 1.82) is 0 Å². The van der Waals surface area contributed by atoms with Gasteiger partial charge in [0.1, 0.15) is 0 Å². The normalized spacial score (nSPS) is 16.4. The van der Waals surface area contributed by atoms with Gasteiger partial charge in [-0.3, -0.25) is 9.69 Å². The molecule has 0 spiro atoms. The molecule has 1 aliphatic rings. The van der Waals surface area contributed by atoms with Gasteiger partial charge in [-0.15, -0.1) is 11.8 Å². The molecule has 0 atom stereocenters. The first-order chi connectivity index (χ1) is 11.1. The summed E-state index contributed by atoms with van der Waals surface area (Å²) in [7, 11) is 0. The Morgan fingerprint density at radius 2 is 1.96 bits per heavy atom. The van der Waals surface area contributed by atoms with E-state index in [9.17, 15) is 4.79 Å². The number of carbonyl (C=O) groups is 1. The van der Waals surface area contributed by atoms with Crippen LogP contribution >= 0.6 is 58.3 Å². The number of hydrogen-bond acceptors (Lipinski definition) is 4. The average Bonchev–Trinajstić information content (AvgIpc) is 2.83. The third-order valence-corrected chi connectivity index (χ3v) is 6.02. The Morgan fingerprint density at radius 1 is 1.22 bits per heavy atom. The second kappa shape index (κ2) is 7.38. The van der Waals surface area contributed by atoms with Crippen LogP contribution in [0.25, 0.3) is 6.08 Å². The molecule has 2 aromatic rings. The van der Waals surface area contributed by atoms with Gasteiger partial charge in [-0.25, -0.2) is 0 Å². The van der Waals surface area contributed by atoms with E-state index < -0.39 is 0 Å². The molecule has 6 heteroatoms. The minimum atomic E-state index is -0.0585. The predicted octanol–water partition coefficient (Wildman–Crippen LogP) is 5.42. The number of benzene rings is 2. The third-order valence-electron chi connectivity index (χ3n) is 3.27. The van der Waals surface area contributed by atoms with Crippen molar-refractivity contribution in [3.8, 4) is 0 Å². The van der Waals surface area contributed by atoms with Crippen LogP contribution in [0.1, 0.15) is 5.56 Å². The lowest BCUT2D eigenvalue weighted by atomic mass is 10.2. The summed E-state index contributed by atoms with van der Waals surface area (Å²) >= 11 is 10.7. The molecular formula is C17H12INOS3. The highest BCUT2D eigenvalue weighted by Gasteiger charge is 2.33. The van der Waals surface area contributed by atoms with Crippen molar-refractivity contribution in [2.45, 2.75) is 4.90 Å². The molecule has 0 bridgehead atoms. The zero-order chi connectivity index (χ0) is 16.4. The standard InChI is InChI=1S/C17H12INOS3/c1-22-14-4-2-3-13(10-14)19-16(20)15(23-17(19)21)9-11-5-7-12(18)8-6-11/h2-10H,1H3/b15-9-. The maximum absolute atomic E-state index is 12.7. The molecule has 2 aromatic carbocycles. The van der Waals surface area contributed by atoms with E-state index in [1.165, 1.54) is 15.3 Å². The topological polar surface area (TPSA) is 20.3 Å². The first-order valence-corrected chi connectivity index (χ1v) is 10.3. The van der Waals surface area contributed by atoms with Crippen molar-refractivity contribution >= 4 is 80.3 Å². The summed E-state index contributed by atoms with van der Waals surface area (Å²) in [5.74, 6) is -0.0585. The molecule has 1 heterocycles. The lowest BCUT2D eigenvalue weighted by Crippen LogP contribution is -2.27. The SMILES string of the molecule is CSc1cccc(N2C(=O)/C(=C/c3ccc(I)cc3)SC2=S)c1. The Labute approximate surface area is 162 Å². The van der Waals surface area contributed by atoms with Gasteiger partial charge in [-0.1, -0.05) is 42.2 Å². The maximum atomic E-state index is 12.7. The van der Waals surface area contributed by atoms with E-state index in [1.54, 1.807) is 16.7 Å². The molecule has 1 aliphatic heterocycles. The van der Waals surface area contributed by atoms with Crippen molar-refractivity contribution in [2.75, 3.05) is 11.2 Å². The van der Waals surface area contributed by atoms with Crippen LogP contribution in [0.2, 0.25) is 0 Å². The van der Waals surface area contributed by atoms with E-state index in [1.807, 2.05) is 60.9 Å². The third kappa shape index (κ3) is 3.81. The first-order valence-electron chi connectivity index (χ1n) is 6.76. The van der Waals surface area contributed by atoms with Gasteiger partial charge in [-0.05, 0) is 70.8 Å². The number of thiocarbonyl (C=S) groups is 1. The van der Waals surface area contributed by atoms with Crippen molar-refractivity contribution in [3.05, 3.63) is 62.6 Å². The number of anilines is 1. The Morgan fingerprint density at radius 3 is 2.65 bits per heavy atom. The molecule has 0 saturated carbocycles. The molecule has 0 aromatic heterocycles. The zero-order valence-electron chi connectivity index (χ0n) is 12.2. The van der Waals surface area contributed by atoms with Gasteiger partial charge in [-0.2, -0.15) is 0 Å². The maximum Gasteiger partial charge on any atom is 0.270 e.